The lowest BCUT2D eigenvalue weighted by Gasteiger charge is -2.09. The fraction of sp³-hybridized carbons (Fsp3) is 0.0714. The van der Waals surface area contributed by atoms with Crippen LogP contribution in [-0.4, -0.2) is 20.6 Å². The Hall–Kier alpha value is -2.12. The molecule has 0 aliphatic carbocycles. The van der Waals surface area contributed by atoms with Gasteiger partial charge in [0.15, 0.2) is 0 Å². The second-order valence-corrected chi connectivity index (χ2v) is 6.66. The highest BCUT2D eigenvalue weighted by atomic mass is 35.5. The molecule has 8 heteroatoms. The van der Waals surface area contributed by atoms with E-state index < -0.39 is 21.7 Å². The van der Waals surface area contributed by atoms with E-state index in [0.717, 1.165) is 6.26 Å². The maximum atomic E-state index is 13.5. The number of hydrogen-bond donors (Lipinski definition) is 2. The molecule has 0 saturated heterocycles. The van der Waals surface area contributed by atoms with Gasteiger partial charge in [-0.25, -0.2) is 12.8 Å². The van der Waals surface area contributed by atoms with Crippen LogP contribution in [0.5, 0.6) is 0 Å². The summed E-state index contributed by atoms with van der Waals surface area (Å²) in [6, 6.07) is 9.77. The van der Waals surface area contributed by atoms with E-state index in [2.05, 4.69) is 10.0 Å². The molecule has 0 atom stereocenters. The molecule has 116 valence electrons. The fourth-order valence-corrected chi connectivity index (χ4v) is 2.55. The second kappa shape index (κ2) is 6.33. The molecule has 2 N–H and O–H groups in total. The number of amides is 1. The molecule has 0 aliphatic rings. The summed E-state index contributed by atoms with van der Waals surface area (Å²) in [6.07, 6.45) is 1.000. The number of rotatable bonds is 4. The van der Waals surface area contributed by atoms with Crippen molar-refractivity contribution in [2.45, 2.75) is 0 Å². The largest absolute Gasteiger partial charge is 0.319 e. The van der Waals surface area contributed by atoms with Gasteiger partial charge in [0.1, 0.15) is 5.82 Å². The number of carbonyl (C=O) groups excluding carboxylic acids is 1. The van der Waals surface area contributed by atoms with Crippen molar-refractivity contribution >= 4 is 38.9 Å². The van der Waals surface area contributed by atoms with Gasteiger partial charge in [-0.15, -0.1) is 0 Å². The number of halogens is 2. The third-order valence-corrected chi connectivity index (χ3v) is 3.56. The van der Waals surface area contributed by atoms with Crippen LogP contribution in [0, 0.1) is 5.82 Å². The van der Waals surface area contributed by atoms with Gasteiger partial charge < -0.3 is 5.32 Å². The Bertz CT molecular complexity index is 825. The van der Waals surface area contributed by atoms with Gasteiger partial charge in [0.25, 0.3) is 5.91 Å². The number of sulfonamides is 1. The van der Waals surface area contributed by atoms with E-state index in [4.69, 9.17) is 11.6 Å². The van der Waals surface area contributed by atoms with E-state index in [1.165, 1.54) is 36.4 Å². The topological polar surface area (TPSA) is 75.3 Å². The van der Waals surface area contributed by atoms with Crippen molar-refractivity contribution in [3.05, 3.63) is 58.9 Å². The van der Waals surface area contributed by atoms with Crippen molar-refractivity contribution < 1.29 is 17.6 Å². The van der Waals surface area contributed by atoms with E-state index in [1.54, 1.807) is 6.07 Å². The van der Waals surface area contributed by atoms with E-state index >= 15 is 0 Å². The van der Waals surface area contributed by atoms with Crippen molar-refractivity contribution in [2.75, 3.05) is 16.3 Å². The zero-order valence-electron chi connectivity index (χ0n) is 11.4. The van der Waals surface area contributed by atoms with E-state index in [0.29, 0.717) is 0 Å². The van der Waals surface area contributed by atoms with Gasteiger partial charge in [0.05, 0.1) is 22.5 Å². The van der Waals surface area contributed by atoms with Crippen LogP contribution in [0.25, 0.3) is 0 Å². The second-order valence-electron chi connectivity index (χ2n) is 4.50. The zero-order valence-corrected chi connectivity index (χ0v) is 13.0. The summed E-state index contributed by atoms with van der Waals surface area (Å²) in [7, 11) is -3.44. The minimum absolute atomic E-state index is 0.0295. The summed E-state index contributed by atoms with van der Waals surface area (Å²) in [5, 5.41) is 2.44. The lowest BCUT2D eigenvalue weighted by molar-refractivity contribution is 0.102. The molecule has 2 aromatic carbocycles. The Kier molecular flexibility index (Phi) is 4.68. The van der Waals surface area contributed by atoms with Gasteiger partial charge in [0, 0.05) is 5.69 Å². The first-order valence-corrected chi connectivity index (χ1v) is 8.36. The van der Waals surface area contributed by atoms with Crippen LogP contribution >= 0.6 is 11.6 Å². The van der Waals surface area contributed by atoms with Gasteiger partial charge >= 0.3 is 0 Å². The normalized spacial score (nSPS) is 11.0. The van der Waals surface area contributed by atoms with Gasteiger partial charge in [-0.3, -0.25) is 9.52 Å². The maximum absolute atomic E-state index is 13.5. The molecule has 0 spiro atoms. The summed E-state index contributed by atoms with van der Waals surface area (Å²) >= 11 is 5.97. The van der Waals surface area contributed by atoms with Crippen LogP contribution in [0.3, 0.4) is 0 Å². The Labute approximate surface area is 132 Å². The third kappa shape index (κ3) is 4.19. The Morgan fingerprint density at radius 3 is 2.45 bits per heavy atom. The predicted molar refractivity (Wildman–Crippen MR) is 84.3 cm³/mol. The highest BCUT2D eigenvalue weighted by molar-refractivity contribution is 7.92. The van der Waals surface area contributed by atoms with Gasteiger partial charge in [-0.05, 0) is 30.3 Å². The first-order valence-electron chi connectivity index (χ1n) is 6.09. The van der Waals surface area contributed by atoms with Crippen molar-refractivity contribution in [1.82, 2.24) is 0 Å². The first kappa shape index (κ1) is 16.3. The van der Waals surface area contributed by atoms with Crippen molar-refractivity contribution in [3.8, 4) is 0 Å². The predicted octanol–water partition coefficient (Wildman–Crippen LogP) is 3.10. The zero-order chi connectivity index (χ0) is 16.3. The smallest absolute Gasteiger partial charge is 0.257 e. The molecule has 5 nitrogen and oxygen atoms in total. The Balaban J connectivity index is 2.22. The number of anilines is 2. The van der Waals surface area contributed by atoms with Crippen LogP contribution in [0.1, 0.15) is 10.4 Å². The number of hydrogen-bond acceptors (Lipinski definition) is 3. The average Bonchev–Trinajstić information content (AvgIpc) is 2.39. The molecule has 0 aliphatic heterocycles. The summed E-state index contributed by atoms with van der Waals surface area (Å²) < 4.78 is 38.0. The van der Waals surface area contributed by atoms with E-state index in [-0.39, 0.29) is 22.0 Å². The molecule has 0 aromatic heterocycles. The minimum Gasteiger partial charge on any atom is -0.319 e. The summed E-state index contributed by atoms with van der Waals surface area (Å²) in [5.74, 6) is -1.16. The molecule has 0 radical (unpaired) electrons. The lowest BCUT2D eigenvalue weighted by Crippen LogP contribution is -2.14. The molecule has 2 rings (SSSR count). The van der Waals surface area contributed by atoms with Gasteiger partial charge in [-0.1, -0.05) is 23.7 Å². The molecule has 0 bridgehead atoms. The molecule has 2 aromatic rings. The number of carbonyl (C=O) groups is 1. The fourth-order valence-electron chi connectivity index (χ4n) is 1.73. The summed E-state index contributed by atoms with van der Waals surface area (Å²) in [4.78, 5) is 12.1. The third-order valence-electron chi connectivity index (χ3n) is 2.64. The Morgan fingerprint density at radius 1 is 1.18 bits per heavy atom. The highest BCUT2D eigenvalue weighted by Gasteiger charge is 2.13. The van der Waals surface area contributed by atoms with Crippen LogP contribution in [0.4, 0.5) is 15.8 Å². The van der Waals surface area contributed by atoms with Crippen molar-refractivity contribution in [3.63, 3.8) is 0 Å². The minimum atomic E-state index is -3.44. The summed E-state index contributed by atoms with van der Waals surface area (Å²) in [5.41, 5.74) is 0.362. The molecule has 22 heavy (non-hydrogen) atoms. The van der Waals surface area contributed by atoms with Crippen molar-refractivity contribution in [2.24, 2.45) is 0 Å². The van der Waals surface area contributed by atoms with Crippen LogP contribution in [-0.2, 0) is 10.0 Å². The van der Waals surface area contributed by atoms with Crippen LogP contribution < -0.4 is 10.0 Å². The van der Waals surface area contributed by atoms with Crippen LogP contribution in [0.15, 0.2) is 42.5 Å². The molecular formula is C14H12ClFN2O3S. The number of nitrogens with one attached hydrogen (secondary N) is 2. The standard InChI is InChI=1S/C14H12ClFN2O3S/c1-22(20,21)18-9-6-7-10(11(15)8-9)14(19)17-13-5-3-2-4-12(13)16/h2-8,18H,1H3,(H,17,19). The molecule has 0 saturated carbocycles. The van der Waals surface area contributed by atoms with Crippen LogP contribution in [0.2, 0.25) is 5.02 Å². The maximum Gasteiger partial charge on any atom is 0.257 e. The lowest BCUT2D eigenvalue weighted by atomic mass is 10.2. The van der Waals surface area contributed by atoms with Gasteiger partial charge in [0.2, 0.25) is 10.0 Å². The SMILES string of the molecule is CS(=O)(=O)Nc1ccc(C(=O)Nc2ccccc2F)c(Cl)c1. The number of para-hydroxylation sites is 1. The quantitative estimate of drug-likeness (QED) is 0.896. The molecular weight excluding hydrogens is 331 g/mol. The van der Waals surface area contributed by atoms with E-state index in [1.807, 2.05) is 0 Å². The van der Waals surface area contributed by atoms with E-state index in [9.17, 15) is 17.6 Å². The molecule has 1 amide bonds. The van der Waals surface area contributed by atoms with Crippen molar-refractivity contribution in [1.29, 1.82) is 0 Å². The molecule has 0 fully saturated rings. The number of benzene rings is 2. The molecule has 0 unspecified atom stereocenters. The Morgan fingerprint density at radius 2 is 1.86 bits per heavy atom. The summed E-state index contributed by atoms with van der Waals surface area (Å²) in [6.45, 7) is 0. The highest BCUT2D eigenvalue weighted by Crippen LogP contribution is 2.23. The van der Waals surface area contributed by atoms with Gasteiger partial charge in [-0.2, -0.15) is 0 Å². The average molecular weight is 343 g/mol. The molecule has 0 heterocycles. The monoisotopic (exact) mass is 342 g/mol. The first-order chi connectivity index (χ1) is 10.3.